The first kappa shape index (κ1) is 23.5. The molecule has 1 N–H and O–H groups in total. The molecule has 0 unspecified atom stereocenters. The molecular weight excluding hydrogens is 404 g/mol. The van der Waals surface area contributed by atoms with E-state index in [-0.39, 0.29) is 11.9 Å². The summed E-state index contributed by atoms with van der Waals surface area (Å²) in [5.41, 5.74) is 3.05. The van der Waals surface area contributed by atoms with Crippen LogP contribution in [0.4, 0.5) is 5.69 Å². The summed E-state index contributed by atoms with van der Waals surface area (Å²) in [6.45, 7) is 6.51. The van der Waals surface area contributed by atoms with Gasteiger partial charge in [-0.15, -0.1) is 0 Å². The van der Waals surface area contributed by atoms with Gasteiger partial charge in [-0.2, -0.15) is 0 Å². The van der Waals surface area contributed by atoms with Crippen molar-refractivity contribution in [2.24, 2.45) is 5.92 Å². The Labute approximate surface area is 191 Å². The van der Waals surface area contributed by atoms with Crippen LogP contribution in [0.15, 0.2) is 42.5 Å². The Balaban J connectivity index is 1.64. The highest BCUT2D eigenvalue weighted by atomic mass is 16.5. The second-order valence-corrected chi connectivity index (χ2v) is 8.27. The van der Waals surface area contributed by atoms with Crippen molar-refractivity contribution in [2.75, 3.05) is 39.3 Å². The second-order valence-electron chi connectivity index (χ2n) is 8.27. The Morgan fingerprint density at radius 2 is 1.78 bits per heavy atom. The zero-order valence-electron chi connectivity index (χ0n) is 19.7. The van der Waals surface area contributed by atoms with Gasteiger partial charge in [0, 0.05) is 30.4 Å². The molecular formula is C26H34N2O4. The molecule has 3 rings (SSSR count). The lowest BCUT2D eigenvalue weighted by Crippen LogP contribution is -2.34. The fraction of sp³-hybridized carbons (Fsp3) is 0.423. The number of anilines is 1. The van der Waals surface area contributed by atoms with E-state index in [9.17, 15) is 4.79 Å². The molecule has 0 bridgehead atoms. The molecule has 6 heteroatoms. The van der Waals surface area contributed by atoms with E-state index in [0.29, 0.717) is 17.2 Å². The maximum Gasteiger partial charge on any atom is 0.244 e. The van der Waals surface area contributed by atoms with E-state index in [1.165, 1.54) is 24.6 Å². The van der Waals surface area contributed by atoms with Crippen LogP contribution in [0.2, 0.25) is 0 Å². The Morgan fingerprint density at radius 3 is 2.41 bits per heavy atom. The van der Waals surface area contributed by atoms with E-state index >= 15 is 0 Å². The van der Waals surface area contributed by atoms with Crippen molar-refractivity contribution in [1.82, 2.24) is 5.32 Å². The maximum atomic E-state index is 12.5. The number of piperidine rings is 1. The molecule has 6 nitrogen and oxygen atoms in total. The van der Waals surface area contributed by atoms with Crippen molar-refractivity contribution in [1.29, 1.82) is 0 Å². The SMILES string of the molecule is COc1ccc(/C=C/C(=O)N[C@H](C)c2ccc(N3CCC[C@@H](C)C3)cc2)c(OC)c1OC. The summed E-state index contributed by atoms with van der Waals surface area (Å²) in [6, 6.07) is 12.0. The fourth-order valence-electron chi connectivity index (χ4n) is 4.16. The number of benzene rings is 2. The van der Waals surface area contributed by atoms with Crippen molar-refractivity contribution in [3.05, 3.63) is 53.6 Å². The summed E-state index contributed by atoms with van der Waals surface area (Å²) in [7, 11) is 4.69. The molecule has 1 fully saturated rings. The van der Waals surface area contributed by atoms with E-state index in [1.54, 1.807) is 33.5 Å². The van der Waals surface area contributed by atoms with Gasteiger partial charge in [-0.1, -0.05) is 19.1 Å². The third kappa shape index (κ3) is 5.55. The van der Waals surface area contributed by atoms with E-state index in [0.717, 1.165) is 30.1 Å². The van der Waals surface area contributed by atoms with Crippen molar-refractivity contribution in [2.45, 2.75) is 32.7 Å². The molecule has 0 radical (unpaired) electrons. The number of carbonyl (C=O) groups is 1. The van der Waals surface area contributed by atoms with Gasteiger partial charge in [0.1, 0.15) is 0 Å². The van der Waals surface area contributed by atoms with Crippen LogP contribution in [0.25, 0.3) is 6.08 Å². The van der Waals surface area contributed by atoms with Gasteiger partial charge >= 0.3 is 0 Å². The summed E-state index contributed by atoms with van der Waals surface area (Å²) in [5, 5.41) is 3.03. The Bertz CT molecular complexity index is 940. The van der Waals surface area contributed by atoms with Crippen molar-refractivity contribution < 1.29 is 19.0 Å². The number of nitrogens with zero attached hydrogens (tertiary/aromatic N) is 1. The average Bonchev–Trinajstić information content (AvgIpc) is 2.81. The van der Waals surface area contributed by atoms with Crippen LogP contribution in [-0.4, -0.2) is 40.3 Å². The number of carbonyl (C=O) groups excluding carboxylic acids is 1. The predicted octanol–water partition coefficient (Wildman–Crippen LogP) is 4.84. The quantitative estimate of drug-likeness (QED) is 0.598. The normalized spacial score (nSPS) is 17.2. The molecule has 32 heavy (non-hydrogen) atoms. The Hall–Kier alpha value is -3.15. The summed E-state index contributed by atoms with van der Waals surface area (Å²) >= 11 is 0. The number of hydrogen-bond acceptors (Lipinski definition) is 5. The lowest BCUT2D eigenvalue weighted by atomic mass is 9.99. The van der Waals surface area contributed by atoms with E-state index in [1.807, 2.05) is 13.0 Å². The van der Waals surface area contributed by atoms with E-state index in [2.05, 4.69) is 41.4 Å². The summed E-state index contributed by atoms with van der Waals surface area (Å²) < 4.78 is 16.2. The van der Waals surface area contributed by atoms with E-state index < -0.39 is 0 Å². The number of amides is 1. The molecule has 0 spiro atoms. The molecule has 1 aliphatic heterocycles. The first-order valence-electron chi connectivity index (χ1n) is 11.1. The highest BCUT2D eigenvalue weighted by Crippen LogP contribution is 2.40. The minimum absolute atomic E-state index is 0.103. The van der Waals surface area contributed by atoms with Crippen LogP contribution in [0.3, 0.4) is 0 Å². The Kier molecular flexibility index (Phi) is 8.03. The van der Waals surface area contributed by atoms with E-state index in [4.69, 9.17) is 14.2 Å². The topological polar surface area (TPSA) is 60.0 Å². The second kappa shape index (κ2) is 10.9. The summed E-state index contributed by atoms with van der Waals surface area (Å²) in [5.74, 6) is 2.14. The molecule has 2 atom stereocenters. The third-order valence-corrected chi connectivity index (χ3v) is 5.92. The van der Waals surface area contributed by atoms with Crippen molar-refractivity contribution in [3.63, 3.8) is 0 Å². The third-order valence-electron chi connectivity index (χ3n) is 5.92. The van der Waals surface area contributed by atoms with Gasteiger partial charge < -0.3 is 24.4 Å². The van der Waals surface area contributed by atoms with Gasteiger partial charge in [0.25, 0.3) is 0 Å². The molecule has 2 aromatic carbocycles. The van der Waals surface area contributed by atoms with Crippen molar-refractivity contribution >= 4 is 17.7 Å². The minimum atomic E-state index is -0.178. The van der Waals surface area contributed by atoms with Gasteiger partial charge in [-0.25, -0.2) is 0 Å². The predicted molar refractivity (Wildman–Crippen MR) is 129 cm³/mol. The van der Waals surface area contributed by atoms with Crippen LogP contribution in [-0.2, 0) is 4.79 Å². The molecule has 0 saturated carbocycles. The molecule has 1 aliphatic rings. The molecule has 1 saturated heterocycles. The number of nitrogens with one attached hydrogen (secondary N) is 1. The Morgan fingerprint density at radius 1 is 1.06 bits per heavy atom. The highest BCUT2D eigenvalue weighted by molar-refractivity contribution is 5.92. The van der Waals surface area contributed by atoms with Crippen LogP contribution in [0.5, 0.6) is 17.2 Å². The molecule has 2 aromatic rings. The number of ether oxygens (including phenoxy) is 3. The van der Waals surface area contributed by atoms with Crippen LogP contribution >= 0.6 is 0 Å². The molecule has 0 aromatic heterocycles. The fourth-order valence-corrected chi connectivity index (χ4v) is 4.16. The number of hydrogen-bond donors (Lipinski definition) is 1. The highest BCUT2D eigenvalue weighted by Gasteiger charge is 2.17. The zero-order chi connectivity index (χ0) is 23.1. The maximum absolute atomic E-state index is 12.5. The summed E-state index contributed by atoms with van der Waals surface area (Å²) in [4.78, 5) is 15.0. The minimum Gasteiger partial charge on any atom is -0.493 e. The van der Waals surface area contributed by atoms with Gasteiger partial charge in [-0.3, -0.25) is 4.79 Å². The van der Waals surface area contributed by atoms with Gasteiger partial charge in [0.15, 0.2) is 11.5 Å². The van der Waals surface area contributed by atoms with Gasteiger partial charge in [0.2, 0.25) is 11.7 Å². The monoisotopic (exact) mass is 438 g/mol. The van der Waals surface area contributed by atoms with Crippen molar-refractivity contribution in [3.8, 4) is 17.2 Å². The van der Waals surface area contributed by atoms with Crippen LogP contribution in [0.1, 0.15) is 43.9 Å². The van der Waals surface area contributed by atoms with Gasteiger partial charge in [-0.05, 0) is 61.6 Å². The van der Waals surface area contributed by atoms with Crippen LogP contribution in [0, 0.1) is 5.92 Å². The molecule has 1 amide bonds. The van der Waals surface area contributed by atoms with Gasteiger partial charge in [0.05, 0.1) is 27.4 Å². The van der Waals surface area contributed by atoms with Crippen LogP contribution < -0.4 is 24.4 Å². The molecule has 0 aliphatic carbocycles. The smallest absolute Gasteiger partial charge is 0.244 e. The molecule has 1 heterocycles. The first-order chi connectivity index (χ1) is 15.5. The zero-order valence-corrected chi connectivity index (χ0v) is 19.7. The number of rotatable bonds is 8. The lowest BCUT2D eigenvalue weighted by Gasteiger charge is -2.33. The summed E-state index contributed by atoms with van der Waals surface area (Å²) in [6.07, 6.45) is 5.76. The number of methoxy groups -OCH3 is 3. The standard InChI is InChI=1S/C26H34N2O4/c1-18-7-6-16-28(17-18)22-12-8-20(9-13-22)19(2)27-24(29)15-11-21-10-14-23(30-3)26(32-5)25(21)31-4/h8-15,18-19H,6-7,16-17H2,1-5H3,(H,27,29)/b15-11+/t18-,19-/m1/s1. The average molecular weight is 439 g/mol. The largest absolute Gasteiger partial charge is 0.493 e. The first-order valence-corrected chi connectivity index (χ1v) is 11.1. The lowest BCUT2D eigenvalue weighted by molar-refractivity contribution is -0.117. The molecule has 172 valence electrons.